The van der Waals surface area contributed by atoms with E-state index in [-0.39, 0.29) is 22.6 Å². The minimum absolute atomic E-state index is 0.0575. The van der Waals surface area contributed by atoms with Crippen molar-refractivity contribution in [1.82, 2.24) is 0 Å². The van der Waals surface area contributed by atoms with Gasteiger partial charge in [0.15, 0.2) is 8.32 Å². The van der Waals surface area contributed by atoms with Gasteiger partial charge in [0.25, 0.3) is 0 Å². The van der Waals surface area contributed by atoms with Crippen LogP contribution in [0.5, 0.6) is 0 Å². The summed E-state index contributed by atoms with van der Waals surface area (Å²) in [5, 5.41) is 0.0575. The Labute approximate surface area is 170 Å². The van der Waals surface area contributed by atoms with Crippen molar-refractivity contribution < 1.29 is 18.7 Å². The van der Waals surface area contributed by atoms with Crippen LogP contribution in [0.25, 0.3) is 0 Å². The summed E-state index contributed by atoms with van der Waals surface area (Å²) in [6.07, 6.45) is 5.98. The molecule has 28 heavy (non-hydrogen) atoms. The molecule has 0 unspecified atom stereocenters. The molecule has 2 aliphatic rings. The lowest BCUT2D eigenvalue weighted by molar-refractivity contribution is -0.232. The van der Waals surface area contributed by atoms with E-state index < -0.39 is 20.1 Å². The zero-order valence-corrected chi connectivity index (χ0v) is 19.1. The fourth-order valence-corrected chi connectivity index (χ4v) is 5.63. The summed E-state index contributed by atoms with van der Waals surface area (Å²) in [7, 11) is -0.718. The van der Waals surface area contributed by atoms with Gasteiger partial charge in [-0.15, -0.1) is 0 Å². The molecule has 1 heterocycles. The van der Waals surface area contributed by atoms with Crippen LogP contribution in [0.4, 0.5) is 0 Å². The number of carbonyl (C=O) groups is 1. The first-order chi connectivity index (χ1) is 13.1. The molecule has 0 bridgehead atoms. The standard InChI is InChI=1S/C23H34O4Si/c1-22(2,3)28(5,6)27-23-15-11-10-14-19(23)18(17-12-8-7-9-13-17)16-20(26-23)21(24)25-4/h7-9,12-13,16,18-19H,10-11,14-15H2,1-6H3/t18-,19-,23-/m0/s1. The van der Waals surface area contributed by atoms with Gasteiger partial charge in [-0.2, -0.15) is 0 Å². The van der Waals surface area contributed by atoms with Crippen molar-refractivity contribution in [3.8, 4) is 0 Å². The van der Waals surface area contributed by atoms with Gasteiger partial charge in [-0.1, -0.05) is 57.5 Å². The Morgan fingerprint density at radius 3 is 2.46 bits per heavy atom. The molecule has 3 atom stereocenters. The number of methoxy groups -OCH3 is 1. The van der Waals surface area contributed by atoms with Crippen LogP contribution in [0, 0.1) is 5.92 Å². The lowest BCUT2D eigenvalue weighted by Gasteiger charge is -2.53. The Bertz CT molecular complexity index is 735. The minimum atomic E-state index is -2.12. The molecule has 154 valence electrons. The smallest absolute Gasteiger partial charge is 0.373 e. The van der Waals surface area contributed by atoms with Gasteiger partial charge < -0.3 is 13.9 Å². The quantitative estimate of drug-likeness (QED) is 0.474. The molecule has 0 amide bonds. The molecular weight excluding hydrogens is 368 g/mol. The normalized spacial score (nSPS) is 28.0. The molecular formula is C23H34O4Si. The third-order valence-corrected chi connectivity index (χ3v) is 11.2. The first-order valence-corrected chi connectivity index (χ1v) is 13.2. The summed E-state index contributed by atoms with van der Waals surface area (Å²) in [6.45, 7) is 11.2. The summed E-state index contributed by atoms with van der Waals surface area (Å²) in [4.78, 5) is 12.5. The highest BCUT2D eigenvalue weighted by atomic mass is 28.4. The van der Waals surface area contributed by atoms with Crippen LogP contribution in [-0.2, 0) is 18.7 Å². The van der Waals surface area contributed by atoms with E-state index >= 15 is 0 Å². The SMILES string of the molecule is COC(=O)C1=C[C@@H](c2ccccc2)[C@@H]2CCCC[C@@]2(O[Si](C)(C)C(C)(C)C)O1. The number of fused-ring (bicyclic) bond motifs is 1. The van der Waals surface area contributed by atoms with Crippen molar-refractivity contribution in [3.63, 3.8) is 0 Å². The van der Waals surface area contributed by atoms with E-state index in [1.54, 1.807) is 0 Å². The first kappa shape index (κ1) is 21.1. The Kier molecular flexibility index (Phi) is 5.79. The van der Waals surface area contributed by atoms with E-state index in [2.05, 4.69) is 58.1 Å². The van der Waals surface area contributed by atoms with E-state index in [0.29, 0.717) is 0 Å². The molecule has 5 heteroatoms. The number of rotatable bonds is 4. The number of esters is 1. The van der Waals surface area contributed by atoms with Gasteiger partial charge in [-0.3, -0.25) is 0 Å². The molecule has 1 aliphatic heterocycles. The van der Waals surface area contributed by atoms with Gasteiger partial charge in [-0.05, 0) is 42.6 Å². The second kappa shape index (κ2) is 7.67. The average molecular weight is 403 g/mol. The molecule has 4 nitrogen and oxygen atoms in total. The number of hydrogen-bond acceptors (Lipinski definition) is 4. The van der Waals surface area contributed by atoms with E-state index in [1.807, 2.05) is 12.1 Å². The van der Waals surface area contributed by atoms with Crippen LogP contribution in [0.2, 0.25) is 18.1 Å². The maximum Gasteiger partial charge on any atom is 0.373 e. The number of allylic oxidation sites excluding steroid dienone is 1. The van der Waals surface area contributed by atoms with Crippen LogP contribution in [0.3, 0.4) is 0 Å². The fourth-order valence-electron chi connectivity index (χ4n) is 4.17. The highest BCUT2D eigenvalue weighted by molar-refractivity contribution is 6.74. The van der Waals surface area contributed by atoms with Crippen molar-refractivity contribution in [1.29, 1.82) is 0 Å². The van der Waals surface area contributed by atoms with E-state index in [9.17, 15) is 4.79 Å². The van der Waals surface area contributed by atoms with Crippen molar-refractivity contribution in [2.45, 2.75) is 76.3 Å². The van der Waals surface area contributed by atoms with Crippen molar-refractivity contribution in [2.75, 3.05) is 7.11 Å². The van der Waals surface area contributed by atoms with Crippen LogP contribution in [-0.4, -0.2) is 27.2 Å². The van der Waals surface area contributed by atoms with E-state index in [0.717, 1.165) is 25.7 Å². The molecule has 0 aromatic heterocycles. The molecule has 0 spiro atoms. The predicted molar refractivity (Wildman–Crippen MR) is 113 cm³/mol. The molecule has 0 saturated heterocycles. The monoisotopic (exact) mass is 402 g/mol. The molecule has 1 fully saturated rings. The van der Waals surface area contributed by atoms with Gasteiger partial charge in [0, 0.05) is 18.3 Å². The average Bonchev–Trinajstić information content (AvgIpc) is 2.65. The largest absolute Gasteiger partial charge is 0.463 e. The number of hydrogen-bond donors (Lipinski definition) is 0. The summed E-state index contributed by atoms with van der Waals surface area (Å²) >= 11 is 0. The highest BCUT2D eigenvalue weighted by Crippen LogP contribution is 2.53. The van der Waals surface area contributed by atoms with Crippen molar-refractivity contribution in [3.05, 3.63) is 47.7 Å². The number of ether oxygens (including phenoxy) is 2. The number of benzene rings is 1. The molecule has 0 radical (unpaired) electrons. The number of carbonyl (C=O) groups excluding carboxylic acids is 1. The van der Waals surface area contributed by atoms with Crippen molar-refractivity contribution in [2.24, 2.45) is 5.92 Å². The Hall–Kier alpha value is -1.59. The van der Waals surface area contributed by atoms with Crippen molar-refractivity contribution >= 4 is 14.3 Å². The van der Waals surface area contributed by atoms with Crippen LogP contribution < -0.4 is 0 Å². The molecule has 1 aliphatic carbocycles. The second-order valence-corrected chi connectivity index (χ2v) is 14.3. The van der Waals surface area contributed by atoms with E-state index in [1.165, 1.54) is 12.7 Å². The third kappa shape index (κ3) is 3.92. The van der Waals surface area contributed by atoms with Gasteiger partial charge >= 0.3 is 5.97 Å². The zero-order chi connectivity index (χ0) is 20.6. The highest BCUT2D eigenvalue weighted by Gasteiger charge is 2.55. The van der Waals surface area contributed by atoms with Gasteiger partial charge in [0.1, 0.15) is 0 Å². The molecule has 1 aromatic rings. The Morgan fingerprint density at radius 1 is 1.18 bits per heavy atom. The summed E-state index contributed by atoms with van der Waals surface area (Å²) in [5.74, 6) is -0.642. The second-order valence-electron chi connectivity index (χ2n) is 9.59. The van der Waals surface area contributed by atoms with Gasteiger partial charge in [-0.25, -0.2) is 4.79 Å². The minimum Gasteiger partial charge on any atom is -0.463 e. The molecule has 1 saturated carbocycles. The van der Waals surface area contributed by atoms with Crippen LogP contribution in [0.1, 0.15) is 57.9 Å². The fraction of sp³-hybridized carbons (Fsp3) is 0.609. The van der Waals surface area contributed by atoms with E-state index in [4.69, 9.17) is 13.9 Å². The van der Waals surface area contributed by atoms with Crippen LogP contribution >= 0.6 is 0 Å². The van der Waals surface area contributed by atoms with Gasteiger partial charge in [0.05, 0.1) is 7.11 Å². The molecule has 0 N–H and O–H groups in total. The zero-order valence-electron chi connectivity index (χ0n) is 18.1. The molecule has 1 aromatic carbocycles. The Balaban J connectivity index is 2.09. The first-order valence-electron chi connectivity index (χ1n) is 10.3. The molecule has 3 rings (SSSR count). The Morgan fingerprint density at radius 2 is 1.86 bits per heavy atom. The predicted octanol–water partition coefficient (Wildman–Crippen LogP) is 5.77. The third-order valence-electron chi connectivity index (χ3n) is 6.71. The van der Waals surface area contributed by atoms with Gasteiger partial charge in [0.2, 0.25) is 11.5 Å². The lowest BCUT2D eigenvalue weighted by atomic mass is 9.71. The summed E-state index contributed by atoms with van der Waals surface area (Å²) in [5.41, 5.74) is 1.20. The summed E-state index contributed by atoms with van der Waals surface area (Å²) in [6, 6.07) is 10.4. The van der Waals surface area contributed by atoms with Crippen LogP contribution in [0.15, 0.2) is 42.2 Å². The lowest BCUT2D eigenvalue weighted by Crippen LogP contribution is -2.58. The maximum atomic E-state index is 12.5. The summed E-state index contributed by atoms with van der Waals surface area (Å²) < 4.78 is 18.4. The maximum absolute atomic E-state index is 12.5. The topological polar surface area (TPSA) is 44.8 Å².